The predicted molar refractivity (Wildman–Crippen MR) is 117 cm³/mol. The number of rotatable bonds is 5. The molecule has 0 bridgehead atoms. The first-order valence-electron chi connectivity index (χ1n) is 10.3. The second-order valence-electron chi connectivity index (χ2n) is 8.19. The van der Waals surface area contributed by atoms with Crippen molar-refractivity contribution in [3.63, 3.8) is 0 Å². The van der Waals surface area contributed by atoms with Crippen LogP contribution < -0.4 is 10.6 Å². The fraction of sp³-hybridized carbons (Fsp3) is 0.333. The molecule has 0 aliphatic heterocycles. The van der Waals surface area contributed by atoms with Crippen LogP contribution in [0.25, 0.3) is 10.9 Å². The van der Waals surface area contributed by atoms with Gasteiger partial charge >= 0.3 is 0 Å². The van der Waals surface area contributed by atoms with Crippen LogP contribution in [0.4, 0.5) is 11.4 Å². The molecule has 3 N–H and O–H groups in total. The first kappa shape index (κ1) is 19.2. The maximum absolute atomic E-state index is 12.9. The van der Waals surface area contributed by atoms with Crippen LogP contribution in [-0.2, 0) is 17.6 Å². The fourth-order valence-electron chi connectivity index (χ4n) is 4.04. The van der Waals surface area contributed by atoms with Crippen molar-refractivity contribution in [3.05, 3.63) is 59.3 Å². The van der Waals surface area contributed by atoms with E-state index in [4.69, 9.17) is 0 Å². The third kappa shape index (κ3) is 4.19. The van der Waals surface area contributed by atoms with Crippen LogP contribution in [0.15, 0.2) is 42.5 Å². The Kier molecular flexibility index (Phi) is 5.38. The summed E-state index contributed by atoms with van der Waals surface area (Å²) in [7, 11) is 0. The molecule has 29 heavy (non-hydrogen) atoms. The number of benzene rings is 2. The second kappa shape index (κ2) is 8.11. The molecule has 0 fully saturated rings. The van der Waals surface area contributed by atoms with E-state index in [9.17, 15) is 9.59 Å². The average molecular weight is 389 g/mol. The predicted octanol–water partition coefficient (Wildman–Crippen LogP) is 5.28. The van der Waals surface area contributed by atoms with Crippen molar-refractivity contribution in [1.82, 2.24) is 4.98 Å². The van der Waals surface area contributed by atoms with Crippen LogP contribution in [0.1, 0.15) is 54.7 Å². The molecule has 5 heteroatoms. The van der Waals surface area contributed by atoms with E-state index in [-0.39, 0.29) is 11.8 Å². The number of para-hydroxylation sites is 1. The Morgan fingerprint density at radius 2 is 1.66 bits per heavy atom. The highest BCUT2D eigenvalue weighted by atomic mass is 16.2. The number of H-pyrrole nitrogens is 1. The van der Waals surface area contributed by atoms with Crippen LogP contribution in [0, 0.1) is 5.92 Å². The maximum atomic E-state index is 12.9. The number of nitrogens with one attached hydrogen (secondary N) is 3. The third-order valence-electron chi connectivity index (χ3n) is 5.40. The first-order valence-corrected chi connectivity index (χ1v) is 10.3. The largest absolute Gasteiger partial charge is 0.358 e. The quantitative estimate of drug-likeness (QED) is 0.555. The van der Waals surface area contributed by atoms with E-state index in [1.54, 1.807) is 0 Å². The number of carbonyl (C=O) groups excluding carboxylic acids is 2. The van der Waals surface area contributed by atoms with E-state index < -0.39 is 0 Å². The molecule has 0 saturated carbocycles. The Balaban J connectivity index is 1.50. The summed E-state index contributed by atoms with van der Waals surface area (Å²) < 4.78 is 0. The maximum Gasteiger partial charge on any atom is 0.257 e. The van der Waals surface area contributed by atoms with Gasteiger partial charge in [-0.3, -0.25) is 9.59 Å². The molecular formula is C24H27N3O2. The van der Waals surface area contributed by atoms with Crippen molar-refractivity contribution in [2.75, 3.05) is 10.6 Å². The molecule has 1 aliphatic carbocycles. The standard InChI is InChI=1S/C24H27N3O2/c1-15(2)14-22(28)25-16-10-12-17(13-11-16)26-24(29)20-8-5-7-19-18-6-3-4-9-21(18)27-23(19)20/h5,7-8,10-13,15,27H,3-4,6,9,14H2,1-2H3,(H,25,28)(H,26,29). The molecule has 0 saturated heterocycles. The molecule has 1 aromatic heterocycles. The number of aromatic amines is 1. The van der Waals surface area contributed by atoms with Gasteiger partial charge in [-0.25, -0.2) is 0 Å². The minimum absolute atomic E-state index is 0.000764. The third-order valence-corrected chi connectivity index (χ3v) is 5.40. The fourth-order valence-corrected chi connectivity index (χ4v) is 4.04. The SMILES string of the molecule is CC(C)CC(=O)Nc1ccc(NC(=O)c2cccc3c4c([nH]c23)CCCC4)cc1. The monoisotopic (exact) mass is 389 g/mol. The van der Waals surface area contributed by atoms with E-state index in [2.05, 4.69) is 21.7 Å². The summed E-state index contributed by atoms with van der Waals surface area (Å²) in [5.74, 6) is 0.180. The normalized spacial score (nSPS) is 13.3. The molecule has 0 unspecified atom stereocenters. The van der Waals surface area contributed by atoms with Crippen LogP contribution >= 0.6 is 0 Å². The van der Waals surface area contributed by atoms with Crippen molar-refractivity contribution in [2.24, 2.45) is 5.92 Å². The Morgan fingerprint density at radius 3 is 2.38 bits per heavy atom. The summed E-state index contributed by atoms with van der Waals surface area (Å²) in [5.41, 5.74) is 5.65. The number of aryl methyl sites for hydroxylation is 2. The van der Waals surface area contributed by atoms with Gasteiger partial charge in [0, 0.05) is 28.9 Å². The van der Waals surface area contributed by atoms with E-state index >= 15 is 0 Å². The molecule has 1 heterocycles. The Labute approximate surface area is 170 Å². The molecule has 0 atom stereocenters. The van der Waals surface area contributed by atoms with Gasteiger partial charge in [-0.1, -0.05) is 26.0 Å². The highest BCUT2D eigenvalue weighted by Gasteiger charge is 2.19. The average Bonchev–Trinajstić information content (AvgIpc) is 3.07. The minimum Gasteiger partial charge on any atom is -0.358 e. The van der Waals surface area contributed by atoms with Gasteiger partial charge in [-0.15, -0.1) is 0 Å². The Hall–Kier alpha value is -3.08. The molecule has 2 aromatic carbocycles. The first-order chi connectivity index (χ1) is 14.0. The number of fused-ring (bicyclic) bond motifs is 3. The van der Waals surface area contributed by atoms with Gasteiger partial charge in [0.2, 0.25) is 5.91 Å². The molecule has 150 valence electrons. The lowest BCUT2D eigenvalue weighted by molar-refractivity contribution is -0.116. The second-order valence-corrected chi connectivity index (χ2v) is 8.19. The molecule has 5 nitrogen and oxygen atoms in total. The molecule has 0 radical (unpaired) electrons. The van der Waals surface area contributed by atoms with Gasteiger partial charge < -0.3 is 15.6 Å². The highest BCUT2D eigenvalue weighted by molar-refractivity contribution is 6.12. The van der Waals surface area contributed by atoms with Gasteiger partial charge in [-0.05, 0) is 67.5 Å². The zero-order valence-electron chi connectivity index (χ0n) is 17.0. The molecule has 4 rings (SSSR count). The van der Waals surface area contributed by atoms with Gasteiger partial charge in [0.25, 0.3) is 5.91 Å². The van der Waals surface area contributed by atoms with Crippen molar-refractivity contribution in [1.29, 1.82) is 0 Å². The van der Waals surface area contributed by atoms with Crippen LogP contribution in [0.5, 0.6) is 0 Å². The molecule has 1 aliphatic rings. The van der Waals surface area contributed by atoms with Crippen LogP contribution in [-0.4, -0.2) is 16.8 Å². The molecule has 0 spiro atoms. The summed E-state index contributed by atoms with van der Waals surface area (Å²) in [6, 6.07) is 13.1. The Bertz CT molecular complexity index is 1050. The molecule has 3 aromatic rings. The summed E-state index contributed by atoms with van der Waals surface area (Å²) in [4.78, 5) is 28.3. The topological polar surface area (TPSA) is 74.0 Å². The summed E-state index contributed by atoms with van der Waals surface area (Å²) in [6.45, 7) is 4.03. The molecule has 2 amide bonds. The zero-order chi connectivity index (χ0) is 20.4. The summed E-state index contributed by atoms with van der Waals surface area (Å²) in [5, 5.41) is 7.02. The van der Waals surface area contributed by atoms with E-state index in [0.717, 1.165) is 29.4 Å². The van der Waals surface area contributed by atoms with Crippen molar-refractivity contribution in [3.8, 4) is 0 Å². The van der Waals surface area contributed by atoms with E-state index in [0.29, 0.717) is 23.6 Å². The summed E-state index contributed by atoms with van der Waals surface area (Å²) >= 11 is 0. The van der Waals surface area contributed by atoms with Crippen LogP contribution in [0.3, 0.4) is 0 Å². The lowest BCUT2D eigenvalue weighted by atomic mass is 9.95. The van der Waals surface area contributed by atoms with Crippen LogP contribution in [0.2, 0.25) is 0 Å². The molecular weight excluding hydrogens is 362 g/mol. The zero-order valence-corrected chi connectivity index (χ0v) is 17.0. The lowest BCUT2D eigenvalue weighted by Crippen LogP contribution is -2.14. The van der Waals surface area contributed by atoms with Gasteiger partial charge in [-0.2, -0.15) is 0 Å². The lowest BCUT2D eigenvalue weighted by Gasteiger charge is -2.10. The minimum atomic E-state index is -0.134. The smallest absolute Gasteiger partial charge is 0.257 e. The number of hydrogen-bond donors (Lipinski definition) is 3. The van der Waals surface area contributed by atoms with E-state index in [1.807, 2.05) is 50.2 Å². The van der Waals surface area contributed by atoms with Gasteiger partial charge in [0.15, 0.2) is 0 Å². The number of carbonyl (C=O) groups is 2. The Morgan fingerprint density at radius 1 is 0.966 bits per heavy atom. The highest BCUT2D eigenvalue weighted by Crippen LogP contribution is 2.31. The number of aromatic nitrogens is 1. The number of amides is 2. The van der Waals surface area contributed by atoms with Crippen molar-refractivity contribution in [2.45, 2.75) is 46.0 Å². The number of anilines is 2. The van der Waals surface area contributed by atoms with Crippen molar-refractivity contribution < 1.29 is 9.59 Å². The van der Waals surface area contributed by atoms with Gasteiger partial charge in [0.1, 0.15) is 0 Å². The number of hydrogen-bond acceptors (Lipinski definition) is 2. The summed E-state index contributed by atoms with van der Waals surface area (Å²) in [6.07, 6.45) is 5.01. The van der Waals surface area contributed by atoms with E-state index in [1.165, 1.54) is 24.1 Å². The van der Waals surface area contributed by atoms with Gasteiger partial charge in [0.05, 0.1) is 11.1 Å². The van der Waals surface area contributed by atoms with Crippen molar-refractivity contribution >= 4 is 34.1 Å².